The van der Waals surface area contributed by atoms with E-state index >= 15 is 0 Å². The average Bonchev–Trinajstić information content (AvgIpc) is 2.92. The van der Waals surface area contributed by atoms with Crippen LogP contribution in [0.4, 0.5) is 0 Å². The van der Waals surface area contributed by atoms with Gasteiger partial charge in [-0.05, 0) is 63.7 Å². The fourth-order valence-corrected chi connectivity index (χ4v) is 3.93. The molecule has 5 nitrogen and oxygen atoms in total. The number of morpholine rings is 2. The Hall–Kier alpha value is -0.880. The van der Waals surface area contributed by atoms with E-state index in [-0.39, 0.29) is 0 Å². The minimum absolute atomic E-state index is 0.897. The first-order valence-electron chi connectivity index (χ1n) is 10.0. The summed E-state index contributed by atoms with van der Waals surface area (Å²) in [6.45, 7) is 14.9. The molecule has 25 heavy (non-hydrogen) atoms. The van der Waals surface area contributed by atoms with Crippen molar-refractivity contribution in [2.24, 2.45) is 0 Å². The number of hydrogen-bond acceptors (Lipinski definition) is 4. The van der Waals surface area contributed by atoms with Crippen molar-refractivity contribution in [1.82, 2.24) is 14.8 Å². The molecule has 0 spiro atoms. The number of nitrogens with zero attached hydrogens (tertiary/aromatic N) is 2. The van der Waals surface area contributed by atoms with Gasteiger partial charge in [-0.3, -0.25) is 9.80 Å². The van der Waals surface area contributed by atoms with Crippen LogP contribution in [0.1, 0.15) is 35.4 Å². The molecule has 0 aromatic carbocycles. The van der Waals surface area contributed by atoms with Crippen molar-refractivity contribution < 1.29 is 9.47 Å². The lowest BCUT2D eigenvalue weighted by molar-refractivity contribution is 0.0374. The van der Waals surface area contributed by atoms with Crippen LogP contribution in [0.2, 0.25) is 0 Å². The third-order valence-electron chi connectivity index (χ3n) is 5.78. The van der Waals surface area contributed by atoms with Crippen LogP contribution in [0, 0.1) is 13.8 Å². The molecule has 3 heterocycles. The molecule has 142 valence electrons. The van der Waals surface area contributed by atoms with E-state index in [1.165, 1.54) is 48.4 Å². The zero-order valence-electron chi connectivity index (χ0n) is 16.1. The van der Waals surface area contributed by atoms with Crippen LogP contribution >= 0.6 is 0 Å². The fourth-order valence-electron chi connectivity index (χ4n) is 3.93. The summed E-state index contributed by atoms with van der Waals surface area (Å²) >= 11 is 0. The van der Waals surface area contributed by atoms with Gasteiger partial charge in [0.2, 0.25) is 0 Å². The summed E-state index contributed by atoms with van der Waals surface area (Å²) in [5.41, 5.74) is 5.85. The molecule has 2 fully saturated rings. The Balaban J connectivity index is 1.42. The number of ether oxygens (including phenoxy) is 2. The van der Waals surface area contributed by atoms with E-state index in [4.69, 9.17) is 9.47 Å². The number of aryl methyl sites for hydroxylation is 2. The second kappa shape index (κ2) is 9.72. The van der Waals surface area contributed by atoms with Crippen molar-refractivity contribution in [3.05, 3.63) is 22.5 Å². The Bertz CT molecular complexity index is 473. The normalized spacial score (nSPS) is 20.2. The fraction of sp³-hybridized carbons (Fsp3) is 0.800. The molecule has 1 N–H and O–H groups in total. The Kier molecular flexibility index (Phi) is 7.35. The minimum Gasteiger partial charge on any atom is -0.379 e. The summed E-state index contributed by atoms with van der Waals surface area (Å²) in [6.07, 6.45) is 4.78. The summed E-state index contributed by atoms with van der Waals surface area (Å²) in [5.74, 6) is 0. The topological polar surface area (TPSA) is 40.7 Å². The van der Waals surface area contributed by atoms with Crippen molar-refractivity contribution in [1.29, 1.82) is 0 Å². The number of hydrogen-bond donors (Lipinski definition) is 1. The van der Waals surface area contributed by atoms with E-state index in [1.54, 1.807) is 0 Å². The smallest absolute Gasteiger partial charge is 0.0594 e. The first-order chi connectivity index (χ1) is 12.2. The minimum atomic E-state index is 0.897. The molecule has 0 saturated carbocycles. The molecule has 3 rings (SSSR count). The Labute approximate surface area is 152 Å². The lowest BCUT2D eigenvalue weighted by atomic mass is 10.1. The number of nitrogens with one attached hydrogen (secondary N) is 1. The molecule has 2 saturated heterocycles. The maximum Gasteiger partial charge on any atom is 0.0594 e. The number of rotatable bonds is 8. The predicted octanol–water partition coefficient (Wildman–Crippen LogP) is 2.16. The second-order valence-electron chi connectivity index (χ2n) is 7.45. The molecular formula is C20H35N3O2. The van der Waals surface area contributed by atoms with Gasteiger partial charge in [-0.15, -0.1) is 0 Å². The van der Waals surface area contributed by atoms with Gasteiger partial charge in [0.1, 0.15) is 0 Å². The predicted molar refractivity (Wildman–Crippen MR) is 101 cm³/mol. The van der Waals surface area contributed by atoms with Crippen molar-refractivity contribution in [2.75, 3.05) is 65.7 Å². The quantitative estimate of drug-likeness (QED) is 0.781. The van der Waals surface area contributed by atoms with Crippen LogP contribution in [-0.2, 0) is 22.3 Å². The third-order valence-corrected chi connectivity index (χ3v) is 5.78. The monoisotopic (exact) mass is 349 g/mol. The van der Waals surface area contributed by atoms with Crippen LogP contribution in [0.15, 0.2) is 0 Å². The van der Waals surface area contributed by atoms with Gasteiger partial charge < -0.3 is 14.5 Å². The average molecular weight is 350 g/mol. The van der Waals surface area contributed by atoms with Crippen LogP contribution in [0.5, 0.6) is 0 Å². The molecular weight excluding hydrogens is 314 g/mol. The van der Waals surface area contributed by atoms with Crippen LogP contribution in [-0.4, -0.2) is 80.5 Å². The highest BCUT2D eigenvalue weighted by Crippen LogP contribution is 2.20. The molecule has 0 amide bonds. The standard InChI is InChI=1S/C20H35N3O2/c1-17-18(2)20(6-4-8-23-11-15-25-16-12-23)21-19(17)5-3-7-22-9-13-24-14-10-22/h21H,3-16H2,1-2H3. The van der Waals surface area contributed by atoms with Crippen molar-refractivity contribution >= 4 is 0 Å². The van der Waals surface area contributed by atoms with Crippen molar-refractivity contribution in [2.45, 2.75) is 39.5 Å². The van der Waals surface area contributed by atoms with Crippen molar-refractivity contribution in [3.63, 3.8) is 0 Å². The molecule has 0 bridgehead atoms. The summed E-state index contributed by atoms with van der Waals surface area (Å²) in [5, 5.41) is 0. The SMILES string of the molecule is Cc1c(CCCN2CCOCC2)[nH]c(CCCN2CCOCC2)c1C. The van der Waals surface area contributed by atoms with E-state index in [9.17, 15) is 0 Å². The number of H-pyrrole nitrogens is 1. The van der Waals surface area contributed by atoms with Gasteiger partial charge in [-0.25, -0.2) is 0 Å². The van der Waals surface area contributed by atoms with Crippen LogP contribution in [0.25, 0.3) is 0 Å². The highest BCUT2D eigenvalue weighted by atomic mass is 16.5. The van der Waals surface area contributed by atoms with Gasteiger partial charge in [0, 0.05) is 37.6 Å². The molecule has 1 aromatic rings. The molecule has 0 radical (unpaired) electrons. The first-order valence-corrected chi connectivity index (χ1v) is 10.0. The zero-order valence-corrected chi connectivity index (χ0v) is 16.1. The van der Waals surface area contributed by atoms with Gasteiger partial charge in [0.15, 0.2) is 0 Å². The largest absolute Gasteiger partial charge is 0.379 e. The molecule has 0 unspecified atom stereocenters. The summed E-state index contributed by atoms with van der Waals surface area (Å²) < 4.78 is 10.9. The van der Waals surface area contributed by atoms with Gasteiger partial charge in [0.05, 0.1) is 26.4 Å². The maximum absolute atomic E-state index is 5.43. The molecule has 0 atom stereocenters. The van der Waals surface area contributed by atoms with Crippen molar-refractivity contribution in [3.8, 4) is 0 Å². The highest BCUT2D eigenvalue weighted by molar-refractivity contribution is 5.35. The lowest BCUT2D eigenvalue weighted by Gasteiger charge is -2.26. The zero-order chi connectivity index (χ0) is 17.5. The molecule has 2 aliphatic rings. The second-order valence-corrected chi connectivity index (χ2v) is 7.45. The highest BCUT2D eigenvalue weighted by Gasteiger charge is 2.14. The molecule has 2 aliphatic heterocycles. The van der Waals surface area contributed by atoms with Gasteiger partial charge >= 0.3 is 0 Å². The third kappa shape index (κ3) is 5.55. The van der Waals surface area contributed by atoms with E-state index in [0.29, 0.717) is 0 Å². The van der Waals surface area contributed by atoms with Gasteiger partial charge in [-0.1, -0.05) is 0 Å². The molecule has 0 aliphatic carbocycles. The van der Waals surface area contributed by atoms with Crippen LogP contribution < -0.4 is 0 Å². The summed E-state index contributed by atoms with van der Waals surface area (Å²) in [7, 11) is 0. The first kappa shape index (κ1) is 18.9. The lowest BCUT2D eigenvalue weighted by Crippen LogP contribution is -2.37. The van der Waals surface area contributed by atoms with E-state index in [1.807, 2.05) is 0 Å². The number of aromatic nitrogens is 1. The summed E-state index contributed by atoms with van der Waals surface area (Å²) in [4.78, 5) is 8.79. The van der Waals surface area contributed by atoms with E-state index < -0.39 is 0 Å². The molecule has 5 heteroatoms. The van der Waals surface area contributed by atoms with Gasteiger partial charge in [0.25, 0.3) is 0 Å². The van der Waals surface area contributed by atoms with Crippen LogP contribution in [0.3, 0.4) is 0 Å². The Morgan fingerprint density at radius 3 is 1.52 bits per heavy atom. The van der Waals surface area contributed by atoms with E-state index in [0.717, 1.165) is 65.4 Å². The molecule has 1 aromatic heterocycles. The Morgan fingerprint density at radius 1 is 0.720 bits per heavy atom. The Morgan fingerprint density at radius 2 is 1.12 bits per heavy atom. The van der Waals surface area contributed by atoms with Gasteiger partial charge in [-0.2, -0.15) is 0 Å². The number of aromatic amines is 1. The van der Waals surface area contributed by atoms with E-state index in [2.05, 4.69) is 28.6 Å². The summed E-state index contributed by atoms with van der Waals surface area (Å²) in [6, 6.07) is 0. The maximum atomic E-state index is 5.43.